The number of halogens is 2. The Morgan fingerprint density at radius 3 is 2.69 bits per heavy atom. The van der Waals surface area contributed by atoms with Crippen LogP contribution >= 0.6 is 15.9 Å². The molecule has 0 unspecified atom stereocenters. The maximum absolute atomic E-state index is 12.8. The Morgan fingerprint density at radius 1 is 1.54 bits per heavy atom. The van der Waals surface area contributed by atoms with Gasteiger partial charge in [0.15, 0.2) is 0 Å². The molecule has 0 aliphatic rings. The smallest absolute Gasteiger partial charge is 0.338 e. The summed E-state index contributed by atoms with van der Waals surface area (Å²) in [6, 6.07) is 6.99. The zero-order valence-electron chi connectivity index (χ0n) is 6.71. The van der Waals surface area contributed by atoms with Crippen LogP contribution < -0.4 is 0 Å². The monoisotopic (exact) mass is 246 g/mol. The largest absolute Gasteiger partial charge is 0.479 e. The van der Waals surface area contributed by atoms with Crippen LogP contribution in [0.5, 0.6) is 0 Å². The molecule has 0 spiro atoms. The lowest BCUT2D eigenvalue weighted by Crippen LogP contribution is -2.17. The van der Waals surface area contributed by atoms with Crippen molar-refractivity contribution in [1.82, 2.24) is 0 Å². The van der Waals surface area contributed by atoms with Crippen LogP contribution in [-0.4, -0.2) is 17.2 Å². The summed E-state index contributed by atoms with van der Waals surface area (Å²) in [6.07, 6.45) is -1.93. The molecule has 1 aromatic rings. The second-order valence-corrected chi connectivity index (χ2v) is 3.46. The summed E-state index contributed by atoms with van der Waals surface area (Å²) in [7, 11) is 0. The van der Waals surface area contributed by atoms with Gasteiger partial charge in [0.25, 0.3) is 0 Å². The van der Waals surface area contributed by atoms with Crippen molar-refractivity contribution >= 4 is 21.9 Å². The minimum Gasteiger partial charge on any atom is -0.479 e. The minimum atomic E-state index is -1.83. The van der Waals surface area contributed by atoms with Crippen molar-refractivity contribution in [2.75, 3.05) is 0 Å². The lowest BCUT2D eigenvalue weighted by atomic mass is 10.1. The number of aliphatic carboxylic acids is 1. The van der Waals surface area contributed by atoms with Crippen LogP contribution in [0.15, 0.2) is 28.7 Å². The maximum atomic E-state index is 12.8. The Hall–Kier alpha value is -0.900. The van der Waals surface area contributed by atoms with E-state index in [4.69, 9.17) is 5.11 Å². The van der Waals surface area contributed by atoms with Crippen molar-refractivity contribution in [3.8, 4) is 0 Å². The third kappa shape index (κ3) is 2.81. The highest BCUT2D eigenvalue weighted by molar-refractivity contribution is 9.10. The molecule has 0 saturated heterocycles. The van der Waals surface area contributed by atoms with Crippen LogP contribution in [0.1, 0.15) is 5.56 Å². The number of hydrogen-bond donors (Lipinski definition) is 1. The molecule has 13 heavy (non-hydrogen) atoms. The second-order valence-electron chi connectivity index (χ2n) is 2.60. The summed E-state index contributed by atoms with van der Waals surface area (Å²) in [5.74, 6) is -1.42. The van der Waals surface area contributed by atoms with Crippen LogP contribution in [0.2, 0.25) is 0 Å². The number of benzene rings is 1. The number of carboxylic acids is 1. The normalized spacial score (nSPS) is 12.5. The first-order chi connectivity index (χ1) is 6.11. The third-order valence-corrected chi connectivity index (χ3v) is 2.40. The highest BCUT2D eigenvalue weighted by Crippen LogP contribution is 2.18. The van der Waals surface area contributed by atoms with Gasteiger partial charge in [-0.1, -0.05) is 34.1 Å². The number of carbonyl (C=O) groups is 1. The molecule has 0 saturated carbocycles. The predicted molar refractivity (Wildman–Crippen MR) is 50.4 cm³/mol. The standard InChI is InChI=1S/C9H8BrFO2/c10-7-4-2-1-3-6(7)5-8(11)9(12)13/h1-4,8H,5H2,(H,12,13)/t8-/m0/s1. The topological polar surface area (TPSA) is 37.3 Å². The maximum Gasteiger partial charge on any atom is 0.338 e. The third-order valence-electron chi connectivity index (χ3n) is 1.62. The molecule has 1 N–H and O–H groups in total. The van der Waals surface area contributed by atoms with Gasteiger partial charge in [0.1, 0.15) is 0 Å². The van der Waals surface area contributed by atoms with Crippen molar-refractivity contribution < 1.29 is 14.3 Å². The van der Waals surface area contributed by atoms with Gasteiger partial charge < -0.3 is 5.11 Å². The minimum absolute atomic E-state index is 0.100. The van der Waals surface area contributed by atoms with Gasteiger partial charge in [-0.3, -0.25) is 0 Å². The average Bonchev–Trinajstić information content (AvgIpc) is 2.08. The summed E-state index contributed by atoms with van der Waals surface area (Å²) in [6.45, 7) is 0. The molecule has 70 valence electrons. The van der Waals surface area contributed by atoms with E-state index in [0.717, 1.165) is 4.47 Å². The van der Waals surface area contributed by atoms with Gasteiger partial charge in [-0.05, 0) is 11.6 Å². The summed E-state index contributed by atoms with van der Waals surface area (Å²) in [5, 5.41) is 8.34. The first kappa shape index (κ1) is 10.2. The fourth-order valence-corrected chi connectivity index (χ4v) is 1.39. The summed E-state index contributed by atoms with van der Waals surface area (Å²) >= 11 is 3.21. The molecule has 0 radical (unpaired) electrons. The Bertz CT molecular complexity index is 314. The Kier molecular flexibility index (Phi) is 3.42. The molecule has 1 rings (SSSR count). The average molecular weight is 247 g/mol. The Morgan fingerprint density at radius 2 is 2.15 bits per heavy atom. The van der Waals surface area contributed by atoms with E-state index in [2.05, 4.69) is 15.9 Å². The quantitative estimate of drug-likeness (QED) is 0.890. The Balaban J connectivity index is 2.74. The summed E-state index contributed by atoms with van der Waals surface area (Å²) < 4.78 is 13.5. The first-order valence-electron chi connectivity index (χ1n) is 3.71. The van der Waals surface area contributed by atoms with Crippen molar-refractivity contribution in [1.29, 1.82) is 0 Å². The van der Waals surface area contributed by atoms with Crippen molar-refractivity contribution in [2.45, 2.75) is 12.6 Å². The molecule has 2 nitrogen and oxygen atoms in total. The van der Waals surface area contributed by atoms with Crippen molar-refractivity contribution in [3.05, 3.63) is 34.3 Å². The molecule has 0 aromatic heterocycles. The fraction of sp³-hybridized carbons (Fsp3) is 0.222. The first-order valence-corrected chi connectivity index (χ1v) is 4.51. The molecule has 0 aliphatic heterocycles. The molecule has 0 heterocycles. The molecule has 0 aliphatic carbocycles. The SMILES string of the molecule is O=C(O)[C@@H](F)Cc1ccccc1Br. The van der Waals surface area contributed by atoms with Gasteiger partial charge >= 0.3 is 5.97 Å². The van der Waals surface area contributed by atoms with Gasteiger partial charge in [0.05, 0.1) is 0 Å². The number of hydrogen-bond acceptors (Lipinski definition) is 1. The Labute approximate surface area is 83.5 Å². The van der Waals surface area contributed by atoms with E-state index in [-0.39, 0.29) is 6.42 Å². The van der Waals surface area contributed by atoms with E-state index in [9.17, 15) is 9.18 Å². The molecule has 4 heteroatoms. The van der Waals surface area contributed by atoms with Gasteiger partial charge in [-0.25, -0.2) is 9.18 Å². The summed E-state index contributed by atoms with van der Waals surface area (Å²) in [4.78, 5) is 10.2. The van der Waals surface area contributed by atoms with E-state index in [1.165, 1.54) is 0 Å². The zero-order valence-corrected chi connectivity index (χ0v) is 8.29. The lowest BCUT2D eigenvalue weighted by Gasteiger charge is -2.04. The van der Waals surface area contributed by atoms with Crippen LogP contribution in [-0.2, 0) is 11.2 Å². The van der Waals surface area contributed by atoms with E-state index in [1.54, 1.807) is 24.3 Å². The molecule has 0 amide bonds. The highest BCUT2D eigenvalue weighted by atomic mass is 79.9. The number of rotatable bonds is 3. The van der Waals surface area contributed by atoms with E-state index in [0.29, 0.717) is 5.56 Å². The molecular weight excluding hydrogens is 239 g/mol. The zero-order chi connectivity index (χ0) is 9.84. The molecule has 0 bridgehead atoms. The predicted octanol–water partition coefficient (Wildman–Crippen LogP) is 2.41. The van der Waals surface area contributed by atoms with Gasteiger partial charge in [0.2, 0.25) is 6.17 Å². The van der Waals surface area contributed by atoms with Crippen LogP contribution in [0.4, 0.5) is 4.39 Å². The van der Waals surface area contributed by atoms with Crippen LogP contribution in [0.3, 0.4) is 0 Å². The fourth-order valence-electron chi connectivity index (χ4n) is 0.944. The molecule has 1 atom stereocenters. The van der Waals surface area contributed by atoms with Crippen LogP contribution in [0, 0.1) is 0 Å². The molecule has 1 aromatic carbocycles. The van der Waals surface area contributed by atoms with Gasteiger partial charge in [-0.15, -0.1) is 0 Å². The van der Waals surface area contributed by atoms with E-state index in [1.807, 2.05) is 0 Å². The lowest BCUT2D eigenvalue weighted by molar-refractivity contribution is -0.142. The van der Waals surface area contributed by atoms with E-state index < -0.39 is 12.1 Å². The summed E-state index contributed by atoms with van der Waals surface area (Å²) in [5.41, 5.74) is 0.664. The number of carboxylic acid groups (broad SMARTS) is 1. The molecule has 0 fully saturated rings. The van der Waals surface area contributed by atoms with Gasteiger partial charge in [-0.2, -0.15) is 0 Å². The highest BCUT2D eigenvalue weighted by Gasteiger charge is 2.16. The van der Waals surface area contributed by atoms with Crippen LogP contribution in [0.25, 0.3) is 0 Å². The van der Waals surface area contributed by atoms with E-state index >= 15 is 0 Å². The van der Waals surface area contributed by atoms with Crippen molar-refractivity contribution in [2.24, 2.45) is 0 Å². The van der Waals surface area contributed by atoms with Crippen molar-refractivity contribution in [3.63, 3.8) is 0 Å². The van der Waals surface area contributed by atoms with Gasteiger partial charge in [0, 0.05) is 10.9 Å². The molecular formula is C9H8BrFO2. The second kappa shape index (κ2) is 4.37. The number of alkyl halides is 1.